The SMILES string of the molecule is CCC(CC)C(O)C(=O)Cc1ccc(F)cc1C. The second kappa shape index (κ2) is 6.64. The molecule has 1 aromatic rings. The summed E-state index contributed by atoms with van der Waals surface area (Å²) >= 11 is 0. The Morgan fingerprint density at radius 1 is 1.33 bits per heavy atom. The van der Waals surface area contributed by atoms with Gasteiger partial charge in [0.15, 0.2) is 5.78 Å². The maximum atomic E-state index is 12.9. The van der Waals surface area contributed by atoms with Gasteiger partial charge in [0.2, 0.25) is 0 Å². The number of hydrogen-bond donors (Lipinski definition) is 1. The molecule has 0 saturated heterocycles. The first-order chi connectivity index (χ1) is 8.49. The number of halogens is 1. The third-order valence-corrected chi connectivity index (χ3v) is 3.49. The lowest BCUT2D eigenvalue weighted by atomic mass is 9.90. The van der Waals surface area contributed by atoms with E-state index in [-0.39, 0.29) is 23.9 Å². The van der Waals surface area contributed by atoms with Crippen molar-refractivity contribution in [2.75, 3.05) is 0 Å². The molecular formula is C15H21FO2. The molecule has 0 fully saturated rings. The van der Waals surface area contributed by atoms with E-state index >= 15 is 0 Å². The zero-order valence-electron chi connectivity index (χ0n) is 11.2. The highest BCUT2D eigenvalue weighted by Crippen LogP contribution is 2.17. The summed E-state index contributed by atoms with van der Waals surface area (Å²) in [7, 11) is 0. The van der Waals surface area contributed by atoms with Gasteiger partial charge in [0, 0.05) is 6.42 Å². The fourth-order valence-corrected chi connectivity index (χ4v) is 2.15. The lowest BCUT2D eigenvalue weighted by Crippen LogP contribution is -2.30. The molecule has 3 heteroatoms. The van der Waals surface area contributed by atoms with Gasteiger partial charge in [-0.05, 0) is 36.1 Å². The van der Waals surface area contributed by atoms with Crippen LogP contribution in [0.1, 0.15) is 37.8 Å². The van der Waals surface area contributed by atoms with Crippen LogP contribution in [0.15, 0.2) is 18.2 Å². The van der Waals surface area contributed by atoms with Gasteiger partial charge in [-0.2, -0.15) is 0 Å². The topological polar surface area (TPSA) is 37.3 Å². The summed E-state index contributed by atoms with van der Waals surface area (Å²) in [5.74, 6) is -0.471. The van der Waals surface area contributed by atoms with Gasteiger partial charge in [-0.1, -0.05) is 32.8 Å². The normalized spacial score (nSPS) is 12.8. The van der Waals surface area contributed by atoms with Crippen molar-refractivity contribution >= 4 is 5.78 Å². The Labute approximate surface area is 108 Å². The van der Waals surface area contributed by atoms with Gasteiger partial charge >= 0.3 is 0 Å². The van der Waals surface area contributed by atoms with Crippen LogP contribution in [0.5, 0.6) is 0 Å². The van der Waals surface area contributed by atoms with E-state index < -0.39 is 6.10 Å². The van der Waals surface area contributed by atoms with Crippen molar-refractivity contribution in [3.63, 3.8) is 0 Å². The van der Waals surface area contributed by atoms with Crippen molar-refractivity contribution in [1.29, 1.82) is 0 Å². The van der Waals surface area contributed by atoms with Crippen LogP contribution >= 0.6 is 0 Å². The summed E-state index contributed by atoms with van der Waals surface area (Å²) in [4.78, 5) is 12.0. The number of hydrogen-bond acceptors (Lipinski definition) is 2. The molecule has 0 heterocycles. The number of Topliss-reactive ketones (excluding diaryl/α,β-unsaturated/α-hetero) is 1. The van der Waals surface area contributed by atoms with Gasteiger partial charge in [0.1, 0.15) is 11.9 Å². The monoisotopic (exact) mass is 252 g/mol. The number of ketones is 1. The molecular weight excluding hydrogens is 231 g/mol. The van der Waals surface area contributed by atoms with E-state index in [2.05, 4.69) is 0 Å². The zero-order valence-corrected chi connectivity index (χ0v) is 11.2. The van der Waals surface area contributed by atoms with Crippen LogP contribution in [-0.2, 0) is 11.2 Å². The van der Waals surface area contributed by atoms with Gasteiger partial charge in [-0.15, -0.1) is 0 Å². The summed E-state index contributed by atoms with van der Waals surface area (Å²) in [6.45, 7) is 5.71. The van der Waals surface area contributed by atoms with Crippen LogP contribution in [0.3, 0.4) is 0 Å². The summed E-state index contributed by atoms with van der Waals surface area (Å²) in [5.41, 5.74) is 1.53. The molecule has 0 aliphatic rings. The second-order valence-corrected chi connectivity index (χ2v) is 4.74. The average molecular weight is 252 g/mol. The van der Waals surface area contributed by atoms with Gasteiger partial charge < -0.3 is 5.11 Å². The number of rotatable bonds is 6. The second-order valence-electron chi connectivity index (χ2n) is 4.74. The Hall–Kier alpha value is -1.22. The van der Waals surface area contributed by atoms with E-state index in [4.69, 9.17) is 0 Å². The molecule has 1 rings (SSSR count). The Morgan fingerprint density at radius 2 is 1.94 bits per heavy atom. The van der Waals surface area contributed by atoms with E-state index in [0.29, 0.717) is 0 Å². The maximum absolute atomic E-state index is 12.9. The van der Waals surface area contributed by atoms with Crippen LogP contribution in [-0.4, -0.2) is 17.0 Å². The number of carbonyl (C=O) groups excluding carboxylic acids is 1. The molecule has 0 bridgehead atoms. The molecule has 0 aliphatic carbocycles. The van der Waals surface area contributed by atoms with Gasteiger partial charge in [-0.3, -0.25) is 4.79 Å². The number of aliphatic hydroxyl groups is 1. The summed E-state index contributed by atoms with van der Waals surface area (Å²) < 4.78 is 12.9. The maximum Gasteiger partial charge on any atom is 0.165 e. The minimum atomic E-state index is -0.913. The average Bonchev–Trinajstić information content (AvgIpc) is 2.34. The van der Waals surface area contributed by atoms with Crippen LogP contribution in [0.2, 0.25) is 0 Å². The van der Waals surface area contributed by atoms with Gasteiger partial charge in [0.05, 0.1) is 0 Å². The molecule has 1 aromatic carbocycles. The molecule has 1 unspecified atom stereocenters. The quantitative estimate of drug-likeness (QED) is 0.845. The molecule has 1 N–H and O–H groups in total. The molecule has 0 amide bonds. The van der Waals surface area contributed by atoms with Crippen LogP contribution in [0, 0.1) is 18.7 Å². The number of aliphatic hydroxyl groups excluding tert-OH is 1. The molecule has 0 aliphatic heterocycles. The van der Waals surface area contributed by atoms with Crippen molar-refractivity contribution in [3.05, 3.63) is 35.1 Å². The fourth-order valence-electron chi connectivity index (χ4n) is 2.15. The number of aryl methyl sites for hydroxylation is 1. The van der Waals surface area contributed by atoms with Crippen LogP contribution in [0.25, 0.3) is 0 Å². The molecule has 0 saturated carbocycles. The predicted octanol–water partition coefficient (Wildman–Crippen LogP) is 3.04. The first kappa shape index (κ1) is 14.8. The standard InChI is InChI=1S/C15H21FO2/c1-4-11(5-2)15(18)14(17)9-12-6-7-13(16)8-10(12)3/h6-8,11,15,18H,4-5,9H2,1-3H3. The van der Waals surface area contributed by atoms with Crippen LogP contribution < -0.4 is 0 Å². The molecule has 0 aromatic heterocycles. The van der Waals surface area contributed by atoms with Crippen molar-refractivity contribution in [1.82, 2.24) is 0 Å². The van der Waals surface area contributed by atoms with Crippen molar-refractivity contribution in [2.24, 2.45) is 5.92 Å². The van der Waals surface area contributed by atoms with E-state index in [1.807, 2.05) is 13.8 Å². The first-order valence-corrected chi connectivity index (χ1v) is 6.45. The highest BCUT2D eigenvalue weighted by atomic mass is 19.1. The minimum Gasteiger partial charge on any atom is -0.385 e. The third kappa shape index (κ3) is 3.64. The molecule has 18 heavy (non-hydrogen) atoms. The summed E-state index contributed by atoms with van der Waals surface area (Å²) in [6.07, 6.45) is 0.825. The summed E-state index contributed by atoms with van der Waals surface area (Å²) in [5, 5.41) is 9.96. The van der Waals surface area contributed by atoms with Crippen molar-refractivity contribution in [2.45, 2.75) is 46.1 Å². The molecule has 100 valence electrons. The fraction of sp³-hybridized carbons (Fsp3) is 0.533. The van der Waals surface area contributed by atoms with E-state index in [0.717, 1.165) is 24.0 Å². The van der Waals surface area contributed by atoms with Crippen molar-refractivity contribution in [3.8, 4) is 0 Å². The third-order valence-electron chi connectivity index (χ3n) is 3.49. The predicted molar refractivity (Wildman–Crippen MR) is 69.9 cm³/mol. The van der Waals surface area contributed by atoms with E-state index in [1.165, 1.54) is 12.1 Å². The lowest BCUT2D eigenvalue weighted by molar-refractivity contribution is -0.129. The number of benzene rings is 1. The molecule has 1 atom stereocenters. The van der Waals surface area contributed by atoms with Crippen LogP contribution in [0.4, 0.5) is 4.39 Å². The largest absolute Gasteiger partial charge is 0.385 e. The first-order valence-electron chi connectivity index (χ1n) is 6.45. The molecule has 0 radical (unpaired) electrons. The molecule has 0 spiro atoms. The zero-order chi connectivity index (χ0) is 13.7. The summed E-state index contributed by atoms with van der Waals surface area (Å²) in [6, 6.07) is 4.37. The Bertz CT molecular complexity index is 411. The Kier molecular flexibility index (Phi) is 5.48. The van der Waals surface area contributed by atoms with Gasteiger partial charge in [0.25, 0.3) is 0 Å². The Balaban J connectivity index is 2.75. The Morgan fingerprint density at radius 3 is 2.44 bits per heavy atom. The van der Waals surface area contributed by atoms with E-state index in [1.54, 1.807) is 13.0 Å². The molecule has 2 nitrogen and oxygen atoms in total. The highest BCUT2D eigenvalue weighted by molar-refractivity contribution is 5.85. The highest BCUT2D eigenvalue weighted by Gasteiger charge is 2.23. The van der Waals surface area contributed by atoms with E-state index in [9.17, 15) is 14.3 Å². The smallest absolute Gasteiger partial charge is 0.165 e. The lowest BCUT2D eigenvalue weighted by Gasteiger charge is -2.19. The van der Waals surface area contributed by atoms with Crippen molar-refractivity contribution < 1.29 is 14.3 Å². The van der Waals surface area contributed by atoms with Gasteiger partial charge in [-0.25, -0.2) is 4.39 Å². The minimum absolute atomic E-state index is 0.0123. The number of carbonyl (C=O) groups is 1.